The fraction of sp³-hybridized carbons (Fsp3) is 0.323. The minimum absolute atomic E-state index is 0.731. The van der Waals surface area contributed by atoms with E-state index >= 15 is 0 Å². The van der Waals surface area contributed by atoms with Gasteiger partial charge in [-0.25, -0.2) is 0 Å². The Hall–Kier alpha value is -1.86. The average molecular weight is 583 g/mol. The number of rotatable bonds is 4. The molecule has 0 heterocycles. The normalized spacial score (nSPS) is 24.0. The van der Waals surface area contributed by atoms with Gasteiger partial charge in [0.2, 0.25) is 0 Å². The molecule has 2 atom stereocenters. The second-order valence-corrected chi connectivity index (χ2v) is 19.3. The van der Waals surface area contributed by atoms with Crippen LogP contribution in [0, 0.1) is 0 Å². The van der Waals surface area contributed by atoms with E-state index in [1.807, 2.05) is 11.1 Å². The molecule has 0 aliphatic heterocycles. The SMILES string of the molecule is C1=C[CH]([Hf](=[C](c2ccccc2)c2ccccc2)[CH]2C=CC3=C2CCCC3)C2=C1CCCC2. The zero-order valence-electron chi connectivity index (χ0n) is 18.9. The van der Waals surface area contributed by atoms with Gasteiger partial charge in [-0.05, 0) is 0 Å². The average Bonchev–Trinajstić information content (AvgIpc) is 3.48. The molecule has 0 bridgehead atoms. The van der Waals surface area contributed by atoms with E-state index in [4.69, 9.17) is 0 Å². The zero-order chi connectivity index (χ0) is 21.3. The van der Waals surface area contributed by atoms with Crippen LogP contribution in [0.3, 0.4) is 0 Å². The van der Waals surface area contributed by atoms with Crippen molar-refractivity contribution < 1.29 is 21.0 Å². The van der Waals surface area contributed by atoms with Gasteiger partial charge in [-0.3, -0.25) is 0 Å². The Kier molecular flexibility index (Phi) is 5.94. The Bertz CT molecular complexity index is 1070. The maximum absolute atomic E-state index is 2.67. The van der Waals surface area contributed by atoms with E-state index in [0.717, 1.165) is 7.35 Å². The molecule has 2 unspecified atom stereocenters. The van der Waals surface area contributed by atoms with E-state index in [1.165, 1.54) is 62.5 Å². The summed E-state index contributed by atoms with van der Waals surface area (Å²) in [7, 11) is 0. The van der Waals surface area contributed by atoms with Gasteiger partial charge in [0.1, 0.15) is 0 Å². The van der Waals surface area contributed by atoms with E-state index in [1.54, 1.807) is 14.4 Å². The van der Waals surface area contributed by atoms with Crippen molar-refractivity contribution in [3.63, 3.8) is 0 Å². The van der Waals surface area contributed by atoms with E-state index in [-0.39, 0.29) is 0 Å². The standard InChI is InChI=1S/C13H10.2C9H11.Hf/c1-3-7-12(8-4-1)11-13-9-5-2-6-10-13;2*1-2-5-9-7-3-6-8(9)4-1;/h1-10H;2*3,6-7H,1-2,4-5H2;. The molecule has 0 amide bonds. The summed E-state index contributed by atoms with van der Waals surface area (Å²) in [5.41, 5.74) is 10.0. The van der Waals surface area contributed by atoms with E-state index in [2.05, 4.69) is 85.0 Å². The molecule has 0 nitrogen and oxygen atoms in total. The molecule has 0 fully saturated rings. The molecule has 1 heteroatoms. The van der Waals surface area contributed by atoms with Crippen LogP contribution in [-0.2, 0) is 21.0 Å². The quantitative estimate of drug-likeness (QED) is 0.318. The monoisotopic (exact) mass is 584 g/mol. The molecule has 4 aliphatic carbocycles. The van der Waals surface area contributed by atoms with Crippen molar-refractivity contribution in [2.45, 2.75) is 58.7 Å². The topological polar surface area (TPSA) is 0 Å². The van der Waals surface area contributed by atoms with Gasteiger partial charge in [-0.1, -0.05) is 0 Å². The predicted molar refractivity (Wildman–Crippen MR) is 133 cm³/mol. The molecule has 160 valence electrons. The number of allylic oxidation sites excluding steroid dienone is 8. The fourth-order valence-corrected chi connectivity index (χ4v) is 20.9. The Morgan fingerprint density at radius 2 is 1.00 bits per heavy atom. The summed E-state index contributed by atoms with van der Waals surface area (Å²) in [5.74, 6) is 0. The van der Waals surface area contributed by atoms with Crippen molar-refractivity contribution in [3.05, 3.63) is 118 Å². The zero-order valence-corrected chi connectivity index (χ0v) is 22.5. The summed E-state index contributed by atoms with van der Waals surface area (Å²) < 4.78 is 3.21. The Morgan fingerprint density at radius 1 is 0.562 bits per heavy atom. The summed E-state index contributed by atoms with van der Waals surface area (Å²) >= 11 is -2.50. The summed E-state index contributed by atoms with van der Waals surface area (Å²) in [4.78, 5) is 0. The molecule has 4 aliphatic rings. The van der Waals surface area contributed by atoms with Crippen LogP contribution in [0.4, 0.5) is 0 Å². The molecule has 2 aromatic carbocycles. The minimum atomic E-state index is -2.50. The first-order chi connectivity index (χ1) is 15.9. The molecule has 6 rings (SSSR count). The van der Waals surface area contributed by atoms with Crippen LogP contribution in [0.5, 0.6) is 0 Å². The van der Waals surface area contributed by atoms with Crippen LogP contribution in [-0.4, -0.2) is 3.26 Å². The molecular formula is C31H32Hf. The third-order valence-corrected chi connectivity index (χ3v) is 20.8. The van der Waals surface area contributed by atoms with Gasteiger partial charge in [0.05, 0.1) is 0 Å². The van der Waals surface area contributed by atoms with Crippen LogP contribution in [0.15, 0.2) is 107 Å². The summed E-state index contributed by atoms with van der Waals surface area (Å²) in [5, 5.41) is 0. The third-order valence-electron chi connectivity index (χ3n) is 7.92. The van der Waals surface area contributed by atoms with Crippen LogP contribution in [0.1, 0.15) is 62.5 Å². The molecule has 0 saturated carbocycles. The first kappa shape index (κ1) is 20.7. The van der Waals surface area contributed by atoms with Crippen LogP contribution >= 0.6 is 0 Å². The number of hydrogen-bond donors (Lipinski definition) is 0. The van der Waals surface area contributed by atoms with Gasteiger partial charge < -0.3 is 0 Å². The van der Waals surface area contributed by atoms with Gasteiger partial charge >= 0.3 is 201 Å². The predicted octanol–water partition coefficient (Wildman–Crippen LogP) is 8.33. The summed E-state index contributed by atoms with van der Waals surface area (Å²) in [6.07, 6.45) is 21.2. The summed E-state index contributed by atoms with van der Waals surface area (Å²) in [6.45, 7) is 0. The molecule has 2 aromatic rings. The van der Waals surface area contributed by atoms with E-state index in [0.29, 0.717) is 0 Å². The van der Waals surface area contributed by atoms with Crippen molar-refractivity contribution in [1.29, 1.82) is 0 Å². The van der Waals surface area contributed by atoms with Gasteiger partial charge in [-0.2, -0.15) is 0 Å². The number of benzene rings is 2. The maximum atomic E-state index is 2.67. The second-order valence-electron chi connectivity index (χ2n) is 9.75. The summed E-state index contributed by atoms with van der Waals surface area (Å²) in [6, 6.07) is 22.9. The van der Waals surface area contributed by atoms with Gasteiger partial charge in [0.25, 0.3) is 0 Å². The third kappa shape index (κ3) is 3.77. The van der Waals surface area contributed by atoms with Crippen molar-refractivity contribution in [2.24, 2.45) is 0 Å². The molecule has 32 heavy (non-hydrogen) atoms. The van der Waals surface area contributed by atoms with Crippen LogP contribution < -0.4 is 0 Å². The Labute approximate surface area is 200 Å². The van der Waals surface area contributed by atoms with E-state index in [9.17, 15) is 0 Å². The number of hydrogen-bond acceptors (Lipinski definition) is 0. The van der Waals surface area contributed by atoms with Crippen molar-refractivity contribution in [2.75, 3.05) is 0 Å². The van der Waals surface area contributed by atoms with Gasteiger partial charge in [-0.15, -0.1) is 0 Å². The van der Waals surface area contributed by atoms with Crippen LogP contribution in [0.2, 0.25) is 7.35 Å². The van der Waals surface area contributed by atoms with E-state index < -0.39 is 21.0 Å². The van der Waals surface area contributed by atoms with Crippen molar-refractivity contribution >= 4 is 3.26 Å². The second kappa shape index (κ2) is 9.18. The fourth-order valence-electron chi connectivity index (χ4n) is 6.45. The van der Waals surface area contributed by atoms with Crippen molar-refractivity contribution in [3.8, 4) is 0 Å². The van der Waals surface area contributed by atoms with Crippen LogP contribution in [0.25, 0.3) is 0 Å². The molecule has 0 aromatic heterocycles. The molecule has 0 spiro atoms. The van der Waals surface area contributed by atoms with Crippen molar-refractivity contribution in [1.82, 2.24) is 0 Å². The van der Waals surface area contributed by atoms with Gasteiger partial charge in [0.15, 0.2) is 0 Å². The molecule has 0 saturated heterocycles. The Balaban J connectivity index is 1.61. The molecular weight excluding hydrogens is 551 g/mol. The molecule has 0 N–H and O–H groups in total. The Morgan fingerprint density at radius 3 is 1.47 bits per heavy atom. The first-order valence-corrected chi connectivity index (χ1v) is 18.5. The van der Waals surface area contributed by atoms with Gasteiger partial charge in [0, 0.05) is 0 Å². The molecule has 0 radical (unpaired) electrons. The first-order valence-electron chi connectivity index (χ1n) is 12.6.